The SMILES string of the molecule is Cc1cccc(F)c1N1CCC(C)(NCc2cn(C)nc2N)CC1. The summed E-state index contributed by atoms with van der Waals surface area (Å²) in [6.45, 7) is 6.58. The van der Waals surface area contributed by atoms with Crippen LogP contribution in [0.15, 0.2) is 24.4 Å². The molecular formula is C18H26FN5. The lowest BCUT2D eigenvalue weighted by atomic mass is 9.89. The van der Waals surface area contributed by atoms with Gasteiger partial charge in [-0.1, -0.05) is 12.1 Å². The van der Waals surface area contributed by atoms with Crippen molar-refractivity contribution in [1.82, 2.24) is 15.1 Å². The number of benzene rings is 1. The van der Waals surface area contributed by atoms with Crippen LogP contribution in [0.25, 0.3) is 0 Å². The second kappa shape index (κ2) is 6.43. The van der Waals surface area contributed by atoms with Gasteiger partial charge >= 0.3 is 0 Å². The number of nitrogens with two attached hydrogens (primary N) is 1. The molecule has 0 unspecified atom stereocenters. The maximum absolute atomic E-state index is 14.2. The maximum Gasteiger partial charge on any atom is 0.149 e. The van der Waals surface area contributed by atoms with Gasteiger partial charge in [0, 0.05) is 44.0 Å². The fraction of sp³-hybridized carbons (Fsp3) is 0.500. The highest BCUT2D eigenvalue weighted by molar-refractivity contribution is 5.54. The van der Waals surface area contributed by atoms with Crippen molar-refractivity contribution in [2.24, 2.45) is 7.05 Å². The third kappa shape index (κ3) is 3.38. The standard InChI is InChI=1S/C18H26FN5/c1-13-5-4-6-15(19)16(13)24-9-7-18(2,8-10-24)21-11-14-12-23(3)22-17(14)20/h4-6,12,21H,7-11H2,1-3H3,(H2,20,22). The summed E-state index contributed by atoms with van der Waals surface area (Å²) in [6.07, 6.45) is 3.87. The van der Waals surface area contributed by atoms with Gasteiger partial charge in [0.05, 0.1) is 5.69 Å². The van der Waals surface area contributed by atoms with Crippen LogP contribution in [0.3, 0.4) is 0 Å². The first-order chi connectivity index (χ1) is 11.4. The number of nitrogens with one attached hydrogen (secondary N) is 1. The molecule has 3 N–H and O–H groups in total. The number of rotatable bonds is 4. The van der Waals surface area contributed by atoms with E-state index in [1.165, 1.54) is 0 Å². The highest BCUT2D eigenvalue weighted by atomic mass is 19.1. The number of hydrogen-bond acceptors (Lipinski definition) is 4. The topological polar surface area (TPSA) is 59.1 Å². The van der Waals surface area contributed by atoms with E-state index < -0.39 is 0 Å². The van der Waals surface area contributed by atoms with Crippen molar-refractivity contribution in [1.29, 1.82) is 0 Å². The van der Waals surface area contributed by atoms with Crippen molar-refractivity contribution in [2.45, 2.75) is 38.8 Å². The second-order valence-corrected chi connectivity index (χ2v) is 7.02. The van der Waals surface area contributed by atoms with E-state index in [1.54, 1.807) is 16.8 Å². The minimum atomic E-state index is -0.130. The highest BCUT2D eigenvalue weighted by Gasteiger charge is 2.31. The van der Waals surface area contributed by atoms with Gasteiger partial charge in [0.1, 0.15) is 11.6 Å². The fourth-order valence-electron chi connectivity index (χ4n) is 3.42. The molecule has 0 radical (unpaired) electrons. The zero-order valence-corrected chi connectivity index (χ0v) is 14.6. The number of aromatic nitrogens is 2. The Bertz CT molecular complexity index is 696. The largest absolute Gasteiger partial charge is 0.382 e. The summed E-state index contributed by atoms with van der Waals surface area (Å²) in [6, 6.07) is 5.28. The lowest BCUT2D eigenvalue weighted by Crippen LogP contribution is -2.51. The quantitative estimate of drug-likeness (QED) is 0.904. The van der Waals surface area contributed by atoms with Gasteiger partial charge in [-0.05, 0) is 38.3 Å². The molecule has 1 aromatic carbocycles. The van der Waals surface area contributed by atoms with E-state index >= 15 is 0 Å². The van der Waals surface area contributed by atoms with Gasteiger partial charge < -0.3 is 16.0 Å². The minimum absolute atomic E-state index is 0.0257. The molecule has 6 heteroatoms. The van der Waals surface area contributed by atoms with Crippen molar-refractivity contribution >= 4 is 11.5 Å². The van der Waals surface area contributed by atoms with E-state index in [2.05, 4.69) is 22.2 Å². The smallest absolute Gasteiger partial charge is 0.149 e. The van der Waals surface area contributed by atoms with Gasteiger partial charge in [-0.2, -0.15) is 5.10 Å². The molecule has 0 bridgehead atoms. The van der Waals surface area contributed by atoms with Crippen LogP contribution in [0.1, 0.15) is 30.9 Å². The number of aryl methyl sites for hydroxylation is 2. The summed E-state index contributed by atoms with van der Waals surface area (Å²) in [5, 5.41) is 7.79. The van der Waals surface area contributed by atoms with Gasteiger partial charge in [-0.15, -0.1) is 0 Å². The molecule has 5 nitrogen and oxygen atoms in total. The van der Waals surface area contributed by atoms with E-state index in [4.69, 9.17) is 5.73 Å². The van der Waals surface area contributed by atoms with Gasteiger partial charge in [-0.3, -0.25) is 4.68 Å². The summed E-state index contributed by atoms with van der Waals surface area (Å²) < 4.78 is 15.9. The number of piperidine rings is 1. The maximum atomic E-state index is 14.2. The molecule has 1 aliphatic heterocycles. The molecule has 1 aromatic heterocycles. The van der Waals surface area contributed by atoms with Gasteiger partial charge in [0.15, 0.2) is 0 Å². The normalized spacial score (nSPS) is 17.2. The van der Waals surface area contributed by atoms with Crippen molar-refractivity contribution in [3.05, 3.63) is 41.3 Å². The zero-order valence-electron chi connectivity index (χ0n) is 14.6. The molecule has 24 heavy (non-hydrogen) atoms. The number of para-hydroxylation sites is 1. The number of hydrogen-bond donors (Lipinski definition) is 2. The molecule has 0 atom stereocenters. The van der Waals surface area contributed by atoms with Crippen LogP contribution < -0.4 is 16.0 Å². The highest BCUT2D eigenvalue weighted by Crippen LogP contribution is 2.30. The van der Waals surface area contributed by atoms with E-state index in [9.17, 15) is 4.39 Å². The molecular weight excluding hydrogens is 305 g/mol. The van der Waals surface area contributed by atoms with E-state index in [0.717, 1.165) is 42.7 Å². The third-order valence-corrected chi connectivity index (χ3v) is 5.01. The molecule has 0 spiro atoms. The Hall–Kier alpha value is -2.08. The Morgan fingerprint density at radius 1 is 1.33 bits per heavy atom. The number of anilines is 2. The molecule has 130 valence electrons. The summed E-state index contributed by atoms with van der Waals surface area (Å²) in [7, 11) is 1.87. The molecule has 1 fully saturated rings. The molecule has 0 amide bonds. The molecule has 1 saturated heterocycles. The van der Waals surface area contributed by atoms with E-state index in [0.29, 0.717) is 12.4 Å². The van der Waals surface area contributed by atoms with Crippen molar-refractivity contribution in [2.75, 3.05) is 23.7 Å². The van der Waals surface area contributed by atoms with Crippen LogP contribution in [0.4, 0.5) is 15.9 Å². The Balaban J connectivity index is 1.62. The number of nitrogen functional groups attached to an aromatic ring is 1. The Morgan fingerprint density at radius 3 is 2.62 bits per heavy atom. The predicted molar refractivity (Wildman–Crippen MR) is 95.4 cm³/mol. The van der Waals surface area contributed by atoms with Crippen LogP contribution in [0, 0.1) is 12.7 Å². The second-order valence-electron chi connectivity index (χ2n) is 7.02. The monoisotopic (exact) mass is 331 g/mol. The lowest BCUT2D eigenvalue weighted by molar-refractivity contribution is 0.282. The summed E-state index contributed by atoms with van der Waals surface area (Å²) >= 11 is 0. The van der Waals surface area contributed by atoms with Crippen LogP contribution in [-0.4, -0.2) is 28.4 Å². The average molecular weight is 331 g/mol. The zero-order chi connectivity index (χ0) is 17.3. The van der Waals surface area contributed by atoms with Crippen molar-refractivity contribution in [3.63, 3.8) is 0 Å². The van der Waals surface area contributed by atoms with E-state index in [-0.39, 0.29) is 11.4 Å². The molecule has 2 heterocycles. The van der Waals surface area contributed by atoms with Crippen LogP contribution in [0.2, 0.25) is 0 Å². The fourth-order valence-corrected chi connectivity index (χ4v) is 3.42. The van der Waals surface area contributed by atoms with Gasteiger partial charge in [0.2, 0.25) is 0 Å². The van der Waals surface area contributed by atoms with Crippen molar-refractivity contribution < 1.29 is 4.39 Å². The Labute approximate surface area is 142 Å². The number of nitrogens with zero attached hydrogens (tertiary/aromatic N) is 3. The molecule has 1 aliphatic rings. The van der Waals surface area contributed by atoms with Crippen LogP contribution in [0.5, 0.6) is 0 Å². The van der Waals surface area contributed by atoms with Crippen LogP contribution in [-0.2, 0) is 13.6 Å². The molecule has 0 saturated carbocycles. The lowest BCUT2D eigenvalue weighted by Gasteiger charge is -2.41. The van der Waals surface area contributed by atoms with Crippen molar-refractivity contribution in [3.8, 4) is 0 Å². The predicted octanol–water partition coefficient (Wildman–Crippen LogP) is 2.60. The molecule has 0 aliphatic carbocycles. The number of halogens is 1. The van der Waals surface area contributed by atoms with Gasteiger partial charge in [-0.25, -0.2) is 4.39 Å². The van der Waals surface area contributed by atoms with E-state index in [1.807, 2.05) is 26.2 Å². The molecule has 3 rings (SSSR count). The minimum Gasteiger partial charge on any atom is -0.382 e. The average Bonchev–Trinajstić information content (AvgIpc) is 2.85. The first-order valence-electron chi connectivity index (χ1n) is 8.41. The summed E-state index contributed by atoms with van der Waals surface area (Å²) in [5.41, 5.74) is 8.70. The summed E-state index contributed by atoms with van der Waals surface area (Å²) in [4.78, 5) is 2.16. The third-order valence-electron chi connectivity index (χ3n) is 5.01. The molecule has 2 aromatic rings. The van der Waals surface area contributed by atoms with Gasteiger partial charge in [0.25, 0.3) is 0 Å². The Morgan fingerprint density at radius 2 is 2.04 bits per heavy atom. The Kier molecular flexibility index (Phi) is 4.49. The van der Waals surface area contributed by atoms with Crippen LogP contribution >= 0.6 is 0 Å². The first-order valence-corrected chi connectivity index (χ1v) is 8.41. The summed E-state index contributed by atoms with van der Waals surface area (Å²) in [5.74, 6) is 0.447. The first kappa shape index (κ1) is 16.8.